The SMILES string of the molecule is CCN(CC1(CNC)CCCCCC1)c1cccc(F)c1. The van der Waals surface area contributed by atoms with E-state index in [2.05, 4.69) is 17.1 Å². The Morgan fingerprint density at radius 2 is 1.90 bits per heavy atom. The van der Waals surface area contributed by atoms with Crippen molar-refractivity contribution >= 4 is 5.69 Å². The van der Waals surface area contributed by atoms with Gasteiger partial charge >= 0.3 is 0 Å². The van der Waals surface area contributed by atoms with Gasteiger partial charge in [0.15, 0.2) is 0 Å². The van der Waals surface area contributed by atoms with Gasteiger partial charge in [-0.3, -0.25) is 0 Å². The number of hydrogen-bond donors (Lipinski definition) is 1. The fraction of sp³-hybridized carbons (Fsp3) is 0.667. The summed E-state index contributed by atoms with van der Waals surface area (Å²) in [5, 5.41) is 3.40. The number of benzene rings is 1. The van der Waals surface area contributed by atoms with Gasteiger partial charge in [0.2, 0.25) is 0 Å². The molecule has 0 amide bonds. The third kappa shape index (κ3) is 4.44. The number of halogens is 1. The van der Waals surface area contributed by atoms with E-state index < -0.39 is 0 Å². The molecule has 1 aromatic carbocycles. The Morgan fingerprint density at radius 3 is 2.48 bits per heavy atom. The molecule has 21 heavy (non-hydrogen) atoms. The largest absolute Gasteiger partial charge is 0.371 e. The summed E-state index contributed by atoms with van der Waals surface area (Å²) in [6.07, 6.45) is 7.92. The lowest BCUT2D eigenvalue weighted by Gasteiger charge is -2.39. The predicted molar refractivity (Wildman–Crippen MR) is 88.3 cm³/mol. The quantitative estimate of drug-likeness (QED) is 0.790. The molecule has 1 aliphatic rings. The van der Waals surface area contributed by atoms with Crippen molar-refractivity contribution in [3.8, 4) is 0 Å². The number of hydrogen-bond acceptors (Lipinski definition) is 2. The van der Waals surface area contributed by atoms with Crippen LogP contribution in [0.2, 0.25) is 0 Å². The molecule has 0 heterocycles. The molecule has 0 unspecified atom stereocenters. The molecule has 1 fully saturated rings. The molecule has 3 heteroatoms. The second kappa shape index (κ2) is 7.79. The Bertz CT molecular complexity index is 425. The third-order valence-corrected chi connectivity index (χ3v) is 4.80. The summed E-state index contributed by atoms with van der Waals surface area (Å²) in [4.78, 5) is 2.34. The summed E-state index contributed by atoms with van der Waals surface area (Å²) < 4.78 is 13.5. The second-order valence-corrected chi connectivity index (χ2v) is 6.44. The highest BCUT2D eigenvalue weighted by molar-refractivity contribution is 5.46. The van der Waals surface area contributed by atoms with Crippen LogP contribution in [0.4, 0.5) is 10.1 Å². The van der Waals surface area contributed by atoms with Gasteiger partial charge in [0.25, 0.3) is 0 Å². The van der Waals surface area contributed by atoms with Crippen molar-refractivity contribution in [1.29, 1.82) is 0 Å². The zero-order valence-electron chi connectivity index (χ0n) is 13.5. The van der Waals surface area contributed by atoms with Crippen molar-refractivity contribution in [2.24, 2.45) is 5.41 Å². The molecule has 118 valence electrons. The minimum Gasteiger partial charge on any atom is -0.371 e. The summed E-state index contributed by atoms with van der Waals surface area (Å²) in [5.74, 6) is -0.144. The average Bonchev–Trinajstić information content (AvgIpc) is 2.71. The summed E-state index contributed by atoms with van der Waals surface area (Å²) in [6.45, 7) is 5.16. The molecular weight excluding hydrogens is 263 g/mol. The van der Waals surface area contributed by atoms with Crippen LogP contribution in [0.1, 0.15) is 45.4 Å². The molecule has 0 aromatic heterocycles. The van der Waals surface area contributed by atoms with Gasteiger partial charge in [0.05, 0.1) is 0 Å². The van der Waals surface area contributed by atoms with E-state index in [-0.39, 0.29) is 5.82 Å². The van der Waals surface area contributed by atoms with E-state index >= 15 is 0 Å². The van der Waals surface area contributed by atoms with Crippen molar-refractivity contribution in [3.05, 3.63) is 30.1 Å². The van der Waals surface area contributed by atoms with Crippen molar-refractivity contribution < 1.29 is 4.39 Å². The maximum atomic E-state index is 13.5. The number of nitrogens with zero attached hydrogens (tertiary/aromatic N) is 1. The van der Waals surface area contributed by atoms with Crippen LogP contribution in [0, 0.1) is 11.2 Å². The molecule has 1 aromatic rings. The van der Waals surface area contributed by atoms with E-state index in [9.17, 15) is 4.39 Å². The van der Waals surface area contributed by atoms with Gasteiger partial charge in [0, 0.05) is 30.7 Å². The van der Waals surface area contributed by atoms with Crippen LogP contribution in [0.3, 0.4) is 0 Å². The van der Waals surface area contributed by atoms with E-state index in [4.69, 9.17) is 0 Å². The van der Waals surface area contributed by atoms with Crippen molar-refractivity contribution in [2.75, 3.05) is 31.6 Å². The summed E-state index contributed by atoms with van der Waals surface area (Å²) in [7, 11) is 2.05. The standard InChI is InChI=1S/C18H29FN2/c1-3-21(17-10-8-9-16(19)13-17)15-18(14-20-2)11-6-4-5-7-12-18/h8-10,13,20H,3-7,11-12,14-15H2,1-2H3. The highest BCUT2D eigenvalue weighted by Gasteiger charge is 2.32. The van der Waals surface area contributed by atoms with Gasteiger partial charge in [-0.1, -0.05) is 31.7 Å². The molecule has 0 bridgehead atoms. The lowest BCUT2D eigenvalue weighted by atomic mass is 9.79. The first kappa shape index (κ1) is 16.3. The summed E-state index contributed by atoms with van der Waals surface area (Å²) >= 11 is 0. The van der Waals surface area contributed by atoms with Crippen molar-refractivity contribution in [2.45, 2.75) is 45.4 Å². The monoisotopic (exact) mass is 292 g/mol. The molecule has 0 spiro atoms. The molecule has 0 saturated heterocycles. The first-order chi connectivity index (χ1) is 10.2. The minimum absolute atomic E-state index is 0.144. The molecular formula is C18H29FN2. The predicted octanol–water partition coefficient (Wildman–Crippen LogP) is 4.21. The molecule has 1 aliphatic carbocycles. The van der Waals surface area contributed by atoms with Crippen LogP contribution in [0.5, 0.6) is 0 Å². The Morgan fingerprint density at radius 1 is 1.19 bits per heavy atom. The molecule has 2 nitrogen and oxygen atoms in total. The highest BCUT2D eigenvalue weighted by Crippen LogP contribution is 2.36. The number of anilines is 1. The lowest BCUT2D eigenvalue weighted by molar-refractivity contribution is 0.243. The van der Waals surface area contributed by atoms with E-state index in [1.54, 1.807) is 6.07 Å². The topological polar surface area (TPSA) is 15.3 Å². The zero-order valence-corrected chi connectivity index (χ0v) is 13.5. The van der Waals surface area contributed by atoms with Crippen molar-refractivity contribution in [3.63, 3.8) is 0 Å². The van der Waals surface area contributed by atoms with E-state index in [0.29, 0.717) is 5.41 Å². The minimum atomic E-state index is -0.144. The zero-order chi connectivity index (χ0) is 15.1. The summed E-state index contributed by atoms with van der Waals surface area (Å²) in [6, 6.07) is 7.02. The van der Waals surface area contributed by atoms with Crippen LogP contribution in [-0.4, -0.2) is 26.7 Å². The summed E-state index contributed by atoms with van der Waals surface area (Å²) in [5.41, 5.74) is 1.34. The average molecular weight is 292 g/mol. The molecule has 1 saturated carbocycles. The van der Waals surface area contributed by atoms with Crippen LogP contribution in [-0.2, 0) is 0 Å². The maximum absolute atomic E-state index is 13.5. The van der Waals surface area contributed by atoms with Gasteiger partial charge in [-0.05, 0) is 45.0 Å². The van der Waals surface area contributed by atoms with Gasteiger partial charge in [0.1, 0.15) is 5.82 Å². The number of nitrogens with one attached hydrogen (secondary N) is 1. The maximum Gasteiger partial charge on any atom is 0.125 e. The first-order valence-electron chi connectivity index (χ1n) is 8.34. The second-order valence-electron chi connectivity index (χ2n) is 6.44. The van der Waals surface area contributed by atoms with E-state index in [1.165, 1.54) is 44.6 Å². The van der Waals surface area contributed by atoms with Gasteiger partial charge in [-0.15, -0.1) is 0 Å². The van der Waals surface area contributed by atoms with Gasteiger partial charge < -0.3 is 10.2 Å². The van der Waals surface area contributed by atoms with Crippen LogP contribution < -0.4 is 10.2 Å². The smallest absolute Gasteiger partial charge is 0.125 e. The van der Waals surface area contributed by atoms with Crippen molar-refractivity contribution in [1.82, 2.24) is 5.32 Å². The Balaban J connectivity index is 2.16. The third-order valence-electron chi connectivity index (χ3n) is 4.80. The Hall–Kier alpha value is -1.09. The van der Waals surface area contributed by atoms with Gasteiger partial charge in [-0.2, -0.15) is 0 Å². The molecule has 0 radical (unpaired) electrons. The molecule has 0 atom stereocenters. The van der Waals surface area contributed by atoms with E-state index in [1.807, 2.05) is 19.2 Å². The fourth-order valence-electron chi connectivity index (χ4n) is 3.71. The normalized spacial score (nSPS) is 18.2. The molecule has 2 rings (SSSR count). The Kier molecular flexibility index (Phi) is 6.04. The van der Waals surface area contributed by atoms with Crippen LogP contribution >= 0.6 is 0 Å². The highest BCUT2D eigenvalue weighted by atomic mass is 19.1. The van der Waals surface area contributed by atoms with Crippen LogP contribution in [0.25, 0.3) is 0 Å². The van der Waals surface area contributed by atoms with Crippen LogP contribution in [0.15, 0.2) is 24.3 Å². The lowest BCUT2D eigenvalue weighted by Crippen LogP contribution is -2.43. The molecule has 0 aliphatic heterocycles. The van der Waals surface area contributed by atoms with E-state index in [0.717, 1.165) is 25.3 Å². The first-order valence-corrected chi connectivity index (χ1v) is 8.34. The van der Waals surface area contributed by atoms with Gasteiger partial charge in [-0.25, -0.2) is 4.39 Å². The fourth-order valence-corrected chi connectivity index (χ4v) is 3.71. The Labute approximate surface area is 128 Å². The number of rotatable bonds is 6. The molecule has 1 N–H and O–H groups in total.